The van der Waals surface area contributed by atoms with Gasteiger partial charge in [0.25, 0.3) is 0 Å². The molecule has 4 aromatic rings. The summed E-state index contributed by atoms with van der Waals surface area (Å²) in [6.07, 6.45) is 14.9. The van der Waals surface area contributed by atoms with Crippen molar-refractivity contribution in [2.75, 3.05) is 6.61 Å². The topological polar surface area (TPSA) is 98.8 Å². The first-order valence-corrected chi connectivity index (χ1v) is 15.6. The first kappa shape index (κ1) is 22.3. The van der Waals surface area contributed by atoms with Crippen molar-refractivity contribution >= 4 is 13.7 Å². The van der Waals surface area contributed by atoms with Crippen LogP contribution in [0.4, 0.5) is 0 Å². The summed E-state index contributed by atoms with van der Waals surface area (Å²) < 4.78 is 3.89. The van der Waals surface area contributed by atoms with E-state index >= 15 is 0 Å². The summed E-state index contributed by atoms with van der Waals surface area (Å²) in [5.41, 5.74) is 3.33. The normalized spacial score (nSPS) is 14.9. The molecule has 176 valence electrons. The van der Waals surface area contributed by atoms with E-state index in [0.29, 0.717) is 18.9 Å². The zero-order chi connectivity index (χ0) is 23.7. The number of imidazole rings is 1. The van der Waals surface area contributed by atoms with Crippen LogP contribution in [0.5, 0.6) is 0 Å². The number of rotatable bonds is 10. The number of fused-ring (bicyclic) bond motifs is 1. The van der Waals surface area contributed by atoms with Crippen molar-refractivity contribution in [3.8, 4) is 28.7 Å². The average molecular weight is 475 g/mol. The molecule has 1 atom stereocenters. The fourth-order valence-electron chi connectivity index (χ4n) is 4.23. The first-order chi connectivity index (χ1) is 16.4. The van der Waals surface area contributed by atoms with Gasteiger partial charge in [-0.15, -0.1) is 9.94 Å². The van der Waals surface area contributed by atoms with E-state index in [4.69, 9.17) is 9.82 Å². The molecule has 0 amide bonds. The summed E-state index contributed by atoms with van der Waals surface area (Å²) >= 11 is 0. The van der Waals surface area contributed by atoms with Crippen molar-refractivity contribution < 1.29 is 4.84 Å². The van der Waals surface area contributed by atoms with E-state index in [1.165, 1.54) is 10.9 Å². The monoisotopic (exact) mass is 474 g/mol. The Morgan fingerprint density at radius 1 is 1.18 bits per heavy atom. The number of nitrogens with zero attached hydrogens (tertiary/aromatic N) is 8. The Bertz CT molecular complexity index is 1320. The van der Waals surface area contributed by atoms with Crippen molar-refractivity contribution in [1.29, 1.82) is 5.26 Å². The third-order valence-corrected chi connectivity index (χ3v) is 8.06. The third kappa shape index (κ3) is 4.89. The molecule has 1 saturated carbocycles. The maximum atomic E-state index is 9.25. The third-order valence-electron chi connectivity index (χ3n) is 6.21. The second-order valence-electron chi connectivity index (χ2n) is 10.2. The quantitative estimate of drug-likeness (QED) is 0.248. The molecule has 0 spiro atoms. The Morgan fingerprint density at radius 3 is 2.76 bits per heavy atom. The lowest BCUT2D eigenvalue weighted by Crippen LogP contribution is -2.21. The molecule has 10 heteroatoms. The molecule has 0 aromatic carbocycles. The van der Waals surface area contributed by atoms with E-state index < -0.39 is 8.07 Å². The second kappa shape index (κ2) is 9.06. The van der Waals surface area contributed by atoms with Gasteiger partial charge in [0.2, 0.25) is 0 Å². The molecular formula is C24H30N8OSi. The van der Waals surface area contributed by atoms with E-state index in [2.05, 4.69) is 40.9 Å². The number of hydrogen-bond acceptors (Lipinski definition) is 6. The molecule has 0 bridgehead atoms. The van der Waals surface area contributed by atoms with Crippen LogP contribution in [-0.2, 0) is 0 Å². The van der Waals surface area contributed by atoms with Gasteiger partial charge in [0, 0.05) is 38.3 Å². The highest BCUT2D eigenvalue weighted by molar-refractivity contribution is 6.76. The van der Waals surface area contributed by atoms with E-state index in [0.717, 1.165) is 47.6 Å². The van der Waals surface area contributed by atoms with Gasteiger partial charge in [0.1, 0.15) is 18.1 Å². The van der Waals surface area contributed by atoms with Crippen LogP contribution < -0.4 is 4.84 Å². The van der Waals surface area contributed by atoms with Gasteiger partial charge in [-0.2, -0.15) is 10.4 Å². The molecule has 1 fully saturated rings. The predicted octanol–water partition coefficient (Wildman–Crippen LogP) is 4.48. The first-order valence-electron chi connectivity index (χ1n) is 11.9. The largest absolute Gasteiger partial charge is 0.397 e. The average Bonchev–Trinajstić information content (AvgIpc) is 3.19. The molecule has 34 heavy (non-hydrogen) atoms. The molecule has 1 aliphatic carbocycles. The van der Waals surface area contributed by atoms with Crippen LogP contribution in [-0.4, -0.2) is 48.8 Å². The fourth-order valence-corrected chi connectivity index (χ4v) is 5.43. The lowest BCUT2D eigenvalue weighted by Gasteiger charge is -2.15. The molecule has 5 rings (SSSR count). The van der Waals surface area contributed by atoms with Crippen molar-refractivity contribution in [3.05, 3.63) is 43.2 Å². The highest BCUT2D eigenvalue weighted by atomic mass is 28.3. The van der Waals surface area contributed by atoms with Crippen molar-refractivity contribution in [2.24, 2.45) is 5.92 Å². The van der Waals surface area contributed by atoms with Crippen molar-refractivity contribution in [3.63, 3.8) is 0 Å². The molecule has 0 aliphatic heterocycles. The Kier molecular flexibility index (Phi) is 5.96. The molecule has 0 N–H and O–H groups in total. The minimum atomic E-state index is -1.07. The van der Waals surface area contributed by atoms with Gasteiger partial charge in [-0.1, -0.05) is 25.7 Å². The second-order valence-corrected chi connectivity index (χ2v) is 15.8. The highest BCUT2D eigenvalue weighted by Crippen LogP contribution is 2.41. The van der Waals surface area contributed by atoms with Gasteiger partial charge in [0.05, 0.1) is 48.4 Å². The summed E-state index contributed by atoms with van der Waals surface area (Å²) in [7, 11) is -1.07. The van der Waals surface area contributed by atoms with Crippen LogP contribution in [0.25, 0.3) is 28.3 Å². The highest BCUT2D eigenvalue weighted by Gasteiger charge is 2.33. The maximum absolute atomic E-state index is 9.25. The Morgan fingerprint density at radius 2 is 2.00 bits per heavy atom. The molecule has 1 aliphatic rings. The molecular weight excluding hydrogens is 444 g/mol. The Balaban J connectivity index is 1.39. The summed E-state index contributed by atoms with van der Waals surface area (Å²) in [6.45, 7) is 7.75. The number of nitriles is 1. The van der Waals surface area contributed by atoms with E-state index in [-0.39, 0.29) is 6.04 Å². The smallest absolute Gasteiger partial charge is 0.149 e. The zero-order valence-electron chi connectivity index (χ0n) is 19.9. The van der Waals surface area contributed by atoms with Crippen LogP contribution in [0.1, 0.15) is 31.7 Å². The van der Waals surface area contributed by atoms with E-state index in [1.807, 2.05) is 39.9 Å². The van der Waals surface area contributed by atoms with Crippen molar-refractivity contribution in [1.82, 2.24) is 34.1 Å². The Labute approximate surface area is 200 Å². The summed E-state index contributed by atoms with van der Waals surface area (Å²) in [4.78, 5) is 16.8. The van der Waals surface area contributed by atoms with Crippen LogP contribution in [0.3, 0.4) is 0 Å². The predicted molar refractivity (Wildman–Crippen MR) is 132 cm³/mol. The minimum Gasteiger partial charge on any atom is -0.397 e. The van der Waals surface area contributed by atoms with Crippen LogP contribution in [0.2, 0.25) is 25.7 Å². The maximum Gasteiger partial charge on any atom is 0.149 e. The Hall–Kier alpha value is -3.45. The van der Waals surface area contributed by atoms with E-state index in [1.54, 1.807) is 12.4 Å². The van der Waals surface area contributed by atoms with Gasteiger partial charge < -0.3 is 4.84 Å². The molecule has 0 saturated heterocycles. The van der Waals surface area contributed by atoms with Gasteiger partial charge in [-0.25, -0.2) is 9.97 Å². The molecule has 4 heterocycles. The summed E-state index contributed by atoms with van der Waals surface area (Å²) in [5, 5.41) is 18.2. The van der Waals surface area contributed by atoms with Gasteiger partial charge in [0.15, 0.2) is 0 Å². The van der Waals surface area contributed by atoms with Gasteiger partial charge in [-0.05, 0) is 25.2 Å². The standard InChI is InChI=1S/C24H30N8OSi/c1-34(2,3)12-4-11-33-32-17-19(14-28-32)21-13-23-26-9-10-30(23)24(29-21)20-15-27-31(16-20)22(7-8-25)18-5-6-18/h9-10,13-18,22H,4-7,11-12H2,1-3H3. The molecule has 0 radical (unpaired) electrons. The lowest BCUT2D eigenvalue weighted by molar-refractivity contribution is 0.0828. The number of aromatic nitrogens is 7. The van der Waals surface area contributed by atoms with Crippen LogP contribution in [0, 0.1) is 17.2 Å². The molecule has 9 nitrogen and oxygen atoms in total. The zero-order valence-corrected chi connectivity index (χ0v) is 20.9. The fraction of sp³-hybridized carbons (Fsp3) is 0.458. The van der Waals surface area contributed by atoms with Gasteiger partial charge >= 0.3 is 0 Å². The van der Waals surface area contributed by atoms with Crippen LogP contribution in [0.15, 0.2) is 43.2 Å². The summed E-state index contributed by atoms with van der Waals surface area (Å²) in [6, 6.07) is 5.61. The summed E-state index contributed by atoms with van der Waals surface area (Å²) in [5.74, 6) is 1.29. The number of hydrogen-bond donors (Lipinski definition) is 0. The lowest BCUT2D eigenvalue weighted by atomic mass is 10.1. The van der Waals surface area contributed by atoms with E-state index in [9.17, 15) is 5.26 Å². The van der Waals surface area contributed by atoms with Crippen LogP contribution >= 0.6 is 0 Å². The van der Waals surface area contributed by atoms with Crippen molar-refractivity contribution in [2.45, 2.75) is 57.4 Å². The SMILES string of the molecule is C[Si](C)(C)CCCOn1cc(-c2cc3nccn3c(-c3cnn(C(CC#N)C4CC4)c3)n2)cn1. The molecule has 1 unspecified atom stereocenters. The minimum absolute atomic E-state index is 0.122. The molecule has 4 aromatic heterocycles. The van der Waals surface area contributed by atoms with Gasteiger partial charge in [-0.3, -0.25) is 9.08 Å².